The molecule has 1 amide bonds. The van der Waals surface area contributed by atoms with Gasteiger partial charge in [-0.15, -0.1) is 0 Å². The van der Waals surface area contributed by atoms with E-state index < -0.39 is 22.1 Å². The summed E-state index contributed by atoms with van der Waals surface area (Å²) in [5.74, 6) is -0.786. The van der Waals surface area contributed by atoms with Crippen molar-refractivity contribution in [2.75, 3.05) is 18.4 Å². The number of carbonyl (C=O) groups is 2. The Labute approximate surface area is 182 Å². The summed E-state index contributed by atoms with van der Waals surface area (Å²) < 4.78 is 33.3. The number of cyclic esters (lactones) is 1. The van der Waals surface area contributed by atoms with Gasteiger partial charge in [0.1, 0.15) is 6.10 Å². The number of sulfonamides is 1. The lowest BCUT2D eigenvalue weighted by molar-refractivity contribution is -0.118. The molecule has 8 heteroatoms. The first-order chi connectivity index (χ1) is 14.9. The molecule has 164 valence electrons. The molecule has 4 rings (SSSR count). The van der Waals surface area contributed by atoms with E-state index in [0.717, 1.165) is 25.7 Å². The number of hydrogen-bond acceptors (Lipinski definition) is 5. The number of rotatable bonds is 5. The van der Waals surface area contributed by atoms with Crippen molar-refractivity contribution in [3.63, 3.8) is 0 Å². The topological polar surface area (TPSA) is 92.8 Å². The molecule has 0 aromatic heterocycles. The molecule has 0 saturated carbocycles. The van der Waals surface area contributed by atoms with E-state index in [1.165, 1.54) is 6.07 Å². The van der Waals surface area contributed by atoms with Crippen LogP contribution >= 0.6 is 0 Å². The lowest BCUT2D eigenvalue weighted by Crippen LogP contribution is -2.32. The van der Waals surface area contributed by atoms with E-state index in [4.69, 9.17) is 4.74 Å². The summed E-state index contributed by atoms with van der Waals surface area (Å²) >= 11 is 0. The highest BCUT2D eigenvalue weighted by Crippen LogP contribution is 2.33. The Balaban J connectivity index is 1.50. The minimum absolute atomic E-state index is 0.0369. The third kappa shape index (κ3) is 4.50. The van der Waals surface area contributed by atoms with E-state index in [0.29, 0.717) is 35.5 Å². The van der Waals surface area contributed by atoms with Gasteiger partial charge in [-0.2, -0.15) is 4.31 Å². The highest BCUT2D eigenvalue weighted by Gasteiger charge is 2.32. The minimum atomic E-state index is -3.63. The maximum absolute atomic E-state index is 13.2. The molecular formula is C23H26N2O5S. The molecule has 2 aliphatic heterocycles. The molecule has 2 aromatic rings. The van der Waals surface area contributed by atoms with Crippen molar-refractivity contribution < 1.29 is 22.7 Å². The van der Waals surface area contributed by atoms with Crippen LogP contribution in [0.25, 0.3) is 0 Å². The van der Waals surface area contributed by atoms with Crippen LogP contribution in [0.4, 0.5) is 5.69 Å². The van der Waals surface area contributed by atoms with Gasteiger partial charge in [0.25, 0.3) is 0 Å². The van der Waals surface area contributed by atoms with Gasteiger partial charge in [-0.05, 0) is 43.5 Å². The Morgan fingerprint density at radius 2 is 1.81 bits per heavy atom. The predicted octanol–water partition coefficient (Wildman–Crippen LogP) is 3.80. The van der Waals surface area contributed by atoms with Crippen molar-refractivity contribution in [1.29, 1.82) is 0 Å². The van der Waals surface area contributed by atoms with Gasteiger partial charge in [-0.3, -0.25) is 4.79 Å². The van der Waals surface area contributed by atoms with Crippen LogP contribution in [0.2, 0.25) is 0 Å². The fraction of sp³-hybridized carbons (Fsp3) is 0.391. The van der Waals surface area contributed by atoms with Crippen molar-refractivity contribution in [1.82, 2.24) is 4.31 Å². The van der Waals surface area contributed by atoms with E-state index in [1.54, 1.807) is 47.6 Å². The quantitative estimate of drug-likeness (QED) is 0.711. The lowest BCUT2D eigenvalue weighted by Gasteiger charge is -2.21. The minimum Gasteiger partial charge on any atom is -0.453 e. The maximum atomic E-state index is 13.2. The third-order valence-corrected chi connectivity index (χ3v) is 7.84. The van der Waals surface area contributed by atoms with E-state index in [-0.39, 0.29) is 17.2 Å². The highest BCUT2D eigenvalue weighted by molar-refractivity contribution is 7.89. The third-order valence-electron chi connectivity index (χ3n) is 5.80. The average Bonchev–Trinajstić information content (AvgIpc) is 2.92. The van der Waals surface area contributed by atoms with Crippen molar-refractivity contribution >= 4 is 27.6 Å². The number of hydrogen-bond donors (Lipinski definition) is 1. The van der Waals surface area contributed by atoms with Crippen LogP contribution in [0, 0.1) is 6.92 Å². The molecule has 31 heavy (non-hydrogen) atoms. The van der Waals surface area contributed by atoms with Gasteiger partial charge in [0, 0.05) is 24.3 Å². The summed E-state index contributed by atoms with van der Waals surface area (Å²) in [4.78, 5) is 24.8. The Morgan fingerprint density at radius 1 is 1.10 bits per heavy atom. The molecule has 0 unspecified atom stereocenters. The summed E-state index contributed by atoms with van der Waals surface area (Å²) in [5, 5.41) is 2.76. The Morgan fingerprint density at radius 3 is 2.55 bits per heavy atom. The number of carbonyl (C=O) groups excluding carboxylic acids is 2. The lowest BCUT2D eigenvalue weighted by atomic mass is 10.0. The molecule has 0 bridgehead atoms. The SMILES string of the molecule is Cc1ccc(NC(=O)C[C@H]2OC(=O)c3ccccc32)cc1S(=O)(=O)N1CCCCCC1. The van der Waals surface area contributed by atoms with Gasteiger partial charge in [0.05, 0.1) is 16.9 Å². The molecule has 2 aromatic carbocycles. The highest BCUT2D eigenvalue weighted by atomic mass is 32.2. The molecule has 0 aliphatic carbocycles. The van der Waals surface area contributed by atoms with Crippen LogP contribution in [0.15, 0.2) is 47.4 Å². The molecule has 0 radical (unpaired) electrons. The Bertz CT molecular complexity index is 1100. The number of nitrogens with zero attached hydrogens (tertiary/aromatic N) is 1. The first kappa shape index (κ1) is 21.5. The summed E-state index contributed by atoms with van der Waals surface area (Å²) in [6.07, 6.45) is 3.11. The van der Waals surface area contributed by atoms with E-state index >= 15 is 0 Å². The normalized spacial score (nSPS) is 19.4. The van der Waals surface area contributed by atoms with Gasteiger partial charge in [0.2, 0.25) is 15.9 Å². The number of benzene rings is 2. The molecule has 1 fully saturated rings. The van der Waals surface area contributed by atoms with E-state index in [2.05, 4.69) is 5.32 Å². The summed E-state index contributed by atoms with van der Waals surface area (Å²) in [6.45, 7) is 2.79. The zero-order valence-electron chi connectivity index (χ0n) is 17.5. The summed E-state index contributed by atoms with van der Waals surface area (Å²) in [7, 11) is -3.63. The van der Waals surface area contributed by atoms with Crippen molar-refractivity contribution in [2.24, 2.45) is 0 Å². The second-order valence-electron chi connectivity index (χ2n) is 8.03. The number of esters is 1. The first-order valence-corrected chi connectivity index (χ1v) is 12.0. The Hall–Kier alpha value is -2.71. The molecular weight excluding hydrogens is 416 g/mol. The molecule has 2 aliphatic rings. The monoisotopic (exact) mass is 442 g/mol. The molecule has 0 spiro atoms. The van der Waals surface area contributed by atoms with Gasteiger partial charge in [0.15, 0.2) is 0 Å². The fourth-order valence-corrected chi connectivity index (χ4v) is 5.90. The largest absolute Gasteiger partial charge is 0.453 e. The maximum Gasteiger partial charge on any atom is 0.339 e. The van der Waals surface area contributed by atoms with Gasteiger partial charge in [-0.1, -0.05) is 37.1 Å². The van der Waals surface area contributed by atoms with Crippen LogP contribution in [0.1, 0.15) is 59.7 Å². The summed E-state index contributed by atoms with van der Waals surface area (Å²) in [6, 6.07) is 11.9. The van der Waals surface area contributed by atoms with E-state index in [1.807, 2.05) is 0 Å². The second-order valence-corrected chi connectivity index (χ2v) is 9.94. The van der Waals surface area contributed by atoms with Crippen LogP contribution in [0.3, 0.4) is 0 Å². The van der Waals surface area contributed by atoms with Gasteiger partial charge < -0.3 is 10.1 Å². The molecule has 7 nitrogen and oxygen atoms in total. The second kappa shape index (κ2) is 8.80. The summed E-state index contributed by atoms with van der Waals surface area (Å²) in [5.41, 5.74) is 2.21. The van der Waals surface area contributed by atoms with Gasteiger partial charge >= 0.3 is 5.97 Å². The Kier molecular flexibility index (Phi) is 6.11. The molecule has 1 saturated heterocycles. The van der Waals surface area contributed by atoms with Crippen LogP contribution < -0.4 is 5.32 Å². The van der Waals surface area contributed by atoms with Crippen molar-refractivity contribution in [3.05, 3.63) is 59.2 Å². The molecule has 2 heterocycles. The van der Waals surface area contributed by atoms with Crippen LogP contribution in [-0.2, 0) is 19.6 Å². The fourth-order valence-electron chi connectivity index (χ4n) is 4.13. The number of anilines is 1. The predicted molar refractivity (Wildman–Crippen MR) is 116 cm³/mol. The van der Waals surface area contributed by atoms with Gasteiger partial charge in [-0.25, -0.2) is 13.2 Å². The molecule has 1 atom stereocenters. The number of nitrogens with one attached hydrogen (secondary N) is 1. The number of amides is 1. The number of ether oxygens (including phenoxy) is 1. The molecule has 1 N–H and O–H groups in total. The standard InChI is InChI=1S/C23H26N2O5S/c1-16-10-11-17(14-21(16)31(28,29)25-12-6-2-3-7-13-25)24-22(26)15-20-18-8-4-5-9-19(18)23(27)30-20/h4-5,8-11,14,20H,2-3,6-7,12-13,15H2,1H3,(H,24,26)/t20-/m1/s1. The average molecular weight is 443 g/mol. The number of aryl methyl sites for hydroxylation is 1. The number of fused-ring (bicyclic) bond motifs is 1. The van der Waals surface area contributed by atoms with E-state index in [9.17, 15) is 18.0 Å². The first-order valence-electron chi connectivity index (χ1n) is 10.6. The smallest absolute Gasteiger partial charge is 0.339 e. The van der Waals surface area contributed by atoms with Crippen molar-refractivity contribution in [3.8, 4) is 0 Å². The van der Waals surface area contributed by atoms with Crippen molar-refractivity contribution in [2.45, 2.75) is 50.0 Å². The zero-order valence-corrected chi connectivity index (χ0v) is 18.3. The van der Waals surface area contributed by atoms with Crippen LogP contribution in [-0.4, -0.2) is 37.7 Å². The zero-order chi connectivity index (χ0) is 22.0. The van der Waals surface area contributed by atoms with Crippen LogP contribution in [0.5, 0.6) is 0 Å².